The smallest absolute Gasteiger partial charge is 0.670 e. The molecule has 2 fully saturated rings. The second-order valence-corrected chi connectivity index (χ2v) is 13.9. The van der Waals surface area contributed by atoms with Crippen LogP contribution in [0, 0.1) is 65.6 Å². The molecule has 2 aliphatic carbocycles. The number of hydrogen-bond donors (Lipinski definition) is 0. The molecule has 11 heteroatoms. The molecule has 5 aliphatic rings. The molecule has 48 heavy (non-hydrogen) atoms. The minimum atomic E-state index is -0.780. The largest absolute Gasteiger partial charge is 2.00 e. The summed E-state index contributed by atoms with van der Waals surface area (Å²) in [4.78, 5) is 40.3. The van der Waals surface area contributed by atoms with Gasteiger partial charge in [0.1, 0.15) is 11.8 Å². The molecule has 1 saturated carbocycles. The van der Waals surface area contributed by atoms with Gasteiger partial charge in [-0.15, -0.1) is 11.4 Å². The van der Waals surface area contributed by atoms with Crippen LogP contribution in [-0.4, -0.2) is 43.1 Å². The Labute approximate surface area is 294 Å². The molecule has 4 heterocycles. The number of esters is 2. The van der Waals surface area contributed by atoms with E-state index in [0.29, 0.717) is 24.2 Å². The molecule has 10 nitrogen and oxygen atoms in total. The van der Waals surface area contributed by atoms with Gasteiger partial charge in [0.25, 0.3) is 0 Å². The molecule has 0 amide bonds. The standard InChI is InChI=1S/C37H38N6O4.Zn/c1-17-18(2)25(40-24(17)10-21-14-36(5,6)37(7,16-39)43-21)12-26-19(3)20(4)27(41-26)13-28-30-22-11-23(31(30)29(15-38)42-28)33(35(45)47-9)32(22)34(44)46-8;/h10,12-13,22-23,32-33H,11,14H2,1-9H3;/q-2;+2/t22-,23+,32+,33+,37?;/m1./s1. The van der Waals surface area contributed by atoms with Gasteiger partial charge in [-0.3, -0.25) is 9.59 Å². The summed E-state index contributed by atoms with van der Waals surface area (Å²) in [5.74, 6) is -3.03. The summed E-state index contributed by atoms with van der Waals surface area (Å²) in [6, 6.07) is 4.59. The van der Waals surface area contributed by atoms with E-state index < -0.39 is 29.3 Å². The number of rotatable bonds is 5. The van der Waals surface area contributed by atoms with Crippen LogP contribution >= 0.6 is 0 Å². The van der Waals surface area contributed by atoms with Crippen molar-refractivity contribution in [2.24, 2.45) is 39.1 Å². The fraction of sp³-hybridized carbons (Fsp3) is 0.459. The average molecular weight is 696 g/mol. The second-order valence-electron chi connectivity index (χ2n) is 13.9. The predicted octanol–water partition coefficient (Wildman–Crippen LogP) is 6.20. The van der Waals surface area contributed by atoms with Gasteiger partial charge in [0, 0.05) is 17.9 Å². The van der Waals surface area contributed by atoms with E-state index in [1.54, 1.807) is 0 Å². The molecular formula is C37H38N6O4Zn. The molecule has 0 N–H and O–H groups in total. The Morgan fingerprint density at radius 1 is 0.854 bits per heavy atom. The number of methoxy groups -OCH3 is 2. The van der Waals surface area contributed by atoms with Gasteiger partial charge in [-0.05, 0) is 73.8 Å². The number of allylic oxidation sites excluding steroid dienone is 6. The fourth-order valence-corrected chi connectivity index (χ4v) is 7.73. The van der Waals surface area contributed by atoms with Crippen molar-refractivity contribution in [3.05, 3.63) is 73.3 Å². The summed E-state index contributed by atoms with van der Waals surface area (Å²) in [5, 5.41) is 24.5. The zero-order valence-electron chi connectivity index (χ0n) is 29.0. The number of carbonyl (C=O) groups excluding carboxylic acids is 2. The van der Waals surface area contributed by atoms with Crippen LogP contribution in [-0.2, 0) is 38.5 Å². The minimum Gasteiger partial charge on any atom is -0.670 e. The molecule has 0 aromatic carbocycles. The van der Waals surface area contributed by atoms with Gasteiger partial charge in [0.2, 0.25) is 0 Å². The molecule has 0 spiro atoms. The Morgan fingerprint density at radius 3 is 1.94 bits per heavy atom. The predicted molar refractivity (Wildman–Crippen MR) is 178 cm³/mol. The summed E-state index contributed by atoms with van der Waals surface area (Å²) >= 11 is 0. The second kappa shape index (κ2) is 12.3. The van der Waals surface area contributed by atoms with E-state index in [0.717, 1.165) is 56.2 Å². The summed E-state index contributed by atoms with van der Waals surface area (Å²) in [6.45, 7) is 14.1. The Hall–Kier alpha value is -4.34. The molecule has 1 aromatic heterocycles. The molecule has 3 aliphatic heterocycles. The fourth-order valence-electron chi connectivity index (χ4n) is 7.73. The van der Waals surface area contributed by atoms with Crippen molar-refractivity contribution in [1.29, 1.82) is 10.5 Å². The van der Waals surface area contributed by atoms with Gasteiger partial charge >= 0.3 is 31.4 Å². The number of aliphatic imine (C=N–C) groups is 2. The van der Waals surface area contributed by atoms with Crippen LogP contribution in [0.5, 0.6) is 0 Å². The van der Waals surface area contributed by atoms with E-state index in [9.17, 15) is 20.1 Å². The monoisotopic (exact) mass is 694 g/mol. The maximum atomic E-state index is 12.9. The first-order valence-electron chi connectivity index (χ1n) is 15.8. The molecule has 242 valence electrons. The molecule has 1 saturated heterocycles. The number of hydrogen-bond acceptors (Lipinski definition) is 8. The van der Waals surface area contributed by atoms with Crippen LogP contribution in [0.3, 0.4) is 0 Å². The minimum absolute atomic E-state index is 0. The molecule has 0 radical (unpaired) electrons. The van der Waals surface area contributed by atoms with E-state index in [2.05, 4.69) is 31.0 Å². The third kappa shape index (κ3) is 5.15. The first kappa shape index (κ1) is 35.0. The Balaban J connectivity index is 0.00000451. The number of nitrogens with zero attached hydrogens (tertiary/aromatic N) is 6. The van der Waals surface area contributed by atoms with Crippen LogP contribution in [0.4, 0.5) is 0 Å². The topological polar surface area (TPSA) is 153 Å². The van der Waals surface area contributed by atoms with Gasteiger partial charge < -0.3 is 19.8 Å². The molecular weight excluding hydrogens is 658 g/mol. The van der Waals surface area contributed by atoms with Crippen molar-refractivity contribution < 1.29 is 38.5 Å². The molecule has 1 unspecified atom stereocenters. The summed E-state index contributed by atoms with van der Waals surface area (Å²) in [7, 11) is 2.62. The van der Waals surface area contributed by atoms with Crippen LogP contribution in [0.25, 0.3) is 17.5 Å². The zero-order chi connectivity index (χ0) is 34.2. The number of ether oxygens (including phenoxy) is 2. The summed E-state index contributed by atoms with van der Waals surface area (Å²) in [5.41, 5.74) is 9.43. The van der Waals surface area contributed by atoms with Crippen molar-refractivity contribution in [2.45, 2.75) is 66.8 Å². The van der Waals surface area contributed by atoms with Crippen LogP contribution in [0.2, 0.25) is 0 Å². The molecule has 1 aromatic rings. The van der Waals surface area contributed by atoms with Crippen LogP contribution in [0.15, 0.2) is 55.4 Å². The van der Waals surface area contributed by atoms with Crippen molar-refractivity contribution in [2.75, 3.05) is 14.2 Å². The molecule has 2 bridgehead atoms. The third-order valence-electron chi connectivity index (χ3n) is 11.1. The van der Waals surface area contributed by atoms with Gasteiger partial charge in [0.05, 0.1) is 43.2 Å². The number of carbonyl (C=O) groups is 2. The number of fused-ring (bicyclic) bond motifs is 4. The average Bonchev–Trinajstić information content (AvgIpc) is 3.86. The summed E-state index contributed by atoms with van der Waals surface area (Å²) in [6.07, 6.45) is 7.10. The Kier molecular flexibility index (Phi) is 8.95. The van der Waals surface area contributed by atoms with E-state index in [1.165, 1.54) is 14.2 Å². The molecule has 5 atom stereocenters. The van der Waals surface area contributed by atoms with Gasteiger partial charge in [-0.1, -0.05) is 50.1 Å². The van der Waals surface area contributed by atoms with E-state index in [-0.39, 0.29) is 42.4 Å². The SMILES string of the molecule is COC(=O)[C@@H]1[C@@H](C(=O)OC)[C@H]2C[C@@H]1C1=C2C(C#N)=N/C1=C\c1[n-]c(/C=C2N=C(/C=C3/CC(C)(C)C(C)(C#N)[N-]3)C(C)=C\2C)c(C)c1C.[Zn+2]. The number of aromatic nitrogens is 1. The normalized spacial score (nSPS) is 30.6. The van der Waals surface area contributed by atoms with E-state index >= 15 is 0 Å². The van der Waals surface area contributed by atoms with Crippen LogP contribution in [0.1, 0.15) is 70.0 Å². The van der Waals surface area contributed by atoms with Crippen molar-refractivity contribution in [3.8, 4) is 12.1 Å². The van der Waals surface area contributed by atoms with E-state index in [1.807, 2.05) is 52.8 Å². The van der Waals surface area contributed by atoms with Crippen LogP contribution < -0.4 is 4.98 Å². The third-order valence-corrected chi connectivity index (χ3v) is 11.1. The van der Waals surface area contributed by atoms with E-state index in [4.69, 9.17) is 24.8 Å². The first-order valence-corrected chi connectivity index (χ1v) is 15.8. The van der Waals surface area contributed by atoms with Crippen molar-refractivity contribution in [1.82, 2.24) is 4.98 Å². The first-order chi connectivity index (χ1) is 22.2. The van der Waals surface area contributed by atoms with Gasteiger partial charge in [-0.25, -0.2) is 9.98 Å². The summed E-state index contributed by atoms with van der Waals surface area (Å²) < 4.78 is 10.2. The van der Waals surface area contributed by atoms with Crippen molar-refractivity contribution in [3.63, 3.8) is 0 Å². The maximum absolute atomic E-state index is 12.9. The zero-order valence-corrected chi connectivity index (χ0v) is 31.9. The quantitative estimate of drug-likeness (QED) is 0.262. The Bertz CT molecular complexity index is 1960. The van der Waals surface area contributed by atoms with Gasteiger partial charge in [-0.2, -0.15) is 16.2 Å². The number of nitriles is 2. The maximum Gasteiger partial charge on any atom is 2.00 e. The van der Waals surface area contributed by atoms with Crippen molar-refractivity contribution >= 4 is 35.5 Å². The Morgan fingerprint density at radius 2 is 1.42 bits per heavy atom. The molecule has 6 rings (SSSR count). The van der Waals surface area contributed by atoms with Gasteiger partial charge in [0.15, 0.2) is 0 Å².